The zero-order valence-electron chi connectivity index (χ0n) is 21.3. The van der Waals surface area contributed by atoms with Crippen LogP contribution < -0.4 is 14.4 Å². The smallest absolute Gasteiger partial charge is 0.244 e. The number of nitrogens with zero attached hydrogens (tertiary/aromatic N) is 2. The van der Waals surface area contributed by atoms with Crippen molar-refractivity contribution in [3.05, 3.63) is 83.4 Å². The summed E-state index contributed by atoms with van der Waals surface area (Å²) >= 11 is 7.76. The molecule has 5 nitrogen and oxygen atoms in total. The minimum Gasteiger partial charge on any atom is -0.494 e. The van der Waals surface area contributed by atoms with Gasteiger partial charge in [0.25, 0.3) is 0 Å². The Balaban J connectivity index is 0.00000380. The summed E-state index contributed by atoms with van der Waals surface area (Å²) in [5.74, 6) is 1.67. The molecule has 0 bridgehead atoms. The quantitative estimate of drug-likeness (QED) is 0.220. The summed E-state index contributed by atoms with van der Waals surface area (Å²) in [6.07, 6.45) is 2.03. The second kappa shape index (κ2) is 14.5. The third kappa shape index (κ3) is 7.81. The molecule has 1 heterocycles. The molecule has 1 amide bonds. The van der Waals surface area contributed by atoms with Crippen LogP contribution in [0.1, 0.15) is 30.6 Å². The molecule has 37 heavy (non-hydrogen) atoms. The minimum absolute atomic E-state index is 0. The summed E-state index contributed by atoms with van der Waals surface area (Å²) in [5, 5.41) is 0.411. The SMILES string of the molecule is CCN(CCCCOc1ccc(C2Sc3ccccc3N(C)C2=O)cc1)CCOc1ccccc1Cl.Cl. The topological polar surface area (TPSA) is 42.0 Å². The Labute approximate surface area is 235 Å². The van der Waals surface area contributed by atoms with Gasteiger partial charge in [0.1, 0.15) is 23.4 Å². The lowest BCUT2D eigenvalue weighted by Crippen LogP contribution is -2.33. The summed E-state index contributed by atoms with van der Waals surface area (Å²) in [7, 11) is 1.84. The lowest BCUT2D eigenvalue weighted by Gasteiger charge is -2.31. The van der Waals surface area contributed by atoms with Gasteiger partial charge >= 0.3 is 0 Å². The molecule has 0 spiro atoms. The summed E-state index contributed by atoms with van der Waals surface area (Å²) in [6, 6.07) is 23.5. The van der Waals surface area contributed by atoms with E-state index in [4.69, 9.17) is 21.1 Å². The first-order chi connectivity index (χ1) is 17.6. The molecule has 1 aliphatic rings. The second-order valence-corrected chi connectivity index (χ2v) is 10.3. The number of benzene rings is 3. The van der Waals surface area contributed by atoms with Gasteiger partial charge in [0.05, 0.1) is 17.3 Å². The number of ether oxygens (including phenoxy) is 2. The first kappa shape index (κ1) is 29.2. The van der Waals surface area contributed by atoms with Crippen LogP contribution in [0.15, 0.2) is 77.7 Å². The Kier molecular flexibility index (Phi) is 11.5. The van der Waals surface area contributed by atoms with Crippen molar-refractivity contribution < 1.29 is 14.3 Å². The molecule has 8 heteroatoms. The molecule has 0 radical (unpaired) electrons. The Morgan fingerprint density at radius 3 is 2.41 bits per heavy atom. The Morgan fingerprint density at radius 2 is 1.65 bits per heavy atom. The lowest BCUT2D eigenvalue weighted by molar-refractivity contribution is -0.118. The van der Waals surface area contributed by atoms with E-state index in [-0.39, 0.29) is 23.6 Å². The molecule has 0 saturated carbocycles. The first-order valence-corrected chi connectivity index (χ1v) is 13.7. The molecule has 3 aromatic carbocycles. The lowest BCUT2D eigenvalue weighted by atomic mass is 10.1. The number of likely N-dealkylation sites (N-methyl/N-ethyl adjacent to an activating group) is 2. The Morgan fingerprint density at radius 1 is 0.919 bits per heavy atom. The first-order valence-electron chi connectivity index (χ1n) is 12.4. The highest BCUT2D eigenvalue weighted by Gasteiger charge is 2.32. The highest BCUT2D eigenvalue weighted by molar-refractivity contribution is 8.00. The predicted molar refractivity (Wildman–Crippen MR) is 156 cm³/mol. The van der Waals surface area contributed by atoms with Crippen LogP contribution in [0.2, 0.25) is 5.02 Å². The number of carbonyl (C=O) groups excluding carboxylic acids is 1. The van der Waals surface area contributed by atoms with Gasteiger partial charge in [0.15, 0.2) is 0 Å². The van der Waals surface area contributed by atoms with Crippen molar-refractivity contribution in [3.63, 3.8) is 0 Å². The van der Waals surface area contributed by atoms with Gasteiger partial charge in [-0.15, -0.1) is 24.2 Å². The van der Waals surface area contributed by atoms with Crippen molar-refractivity contribution in [2.45, 2.75) is 29.9 Å². The van der Waals surface area contributed by atoms with Crippen LogP contribution in [0.25, 0.3) is 0 Å². The van der Waals surface area contributed by atoms with Crippen molar-refractivity contribution in [2.75, 3.05) is 44.8 Å². The Hall–Kier alpha value is -2.38. The number of hydrogen-bond donors (Lipinski definition) is 0. The number of thioether (sulfide) groups is 1. The summed E-state index contributed by atoms with van der Waals surface area (Å²) in [4.78, 5) is 18.2. The third-order valence-electron chi connectivity index (χ3n) is 6.30. The van der Waals surface area contributed by atoms with Crippen LogP contribution in [-0.4, -0.2) is 50.7 Å². The number of hydrogen-bond acceptors (Lipinski definition) is 5. The van der Waals surface area contributed by atoms with E-state index in [1.165, 1.54) is 0 Å². The molecule has 0 aromatic heterocycles. The van der Waals surface area contributed by atoms with E-state index in [0.717, 1.165) is 60.1 Å². The van der Waals surface area contributed by atoms with E-state index in [0.29, 0.717) is 18.2 Å². The fourth-order valence-corrected chi connectivity index (χ4v) is 5.64. The number of carbonyl (C=O) groups is 1. The predicted octanol–water partition coefficient (Wildman–Crippen LogP) is 7.13. The summed E-state index contributed by atoms with van der Waals surface area (Å²) < 4.78 is 11.8. The van der Waals surface area contributed by atoms with Crippen LogP contribution in [0.3, 0.4) is 0 Å². The molecule has 0 N–H and O–H groups in total. The van der Waals surface area contributed by atoms with Gasteiger partial charge in [0.2, 0.25) is 5.91 Å². The number of fused-ring (bicyclic) bond motifs is 1. The average molecular weight is 562 g/mol. The van der Waals surface area contributed by atoms with E-state index in [9.17, 15) is 4.79 Å². The third-order valence-corrected chi connectivity index (χ3v) is 7.92. The zero-order valence-corrected chi connectivity index (χ0v) is 23.7. The molecule has 0 fully saturated rings. The number of unbranched alkanes of at least 4 members (excludes halogenated alkanes) is 1. The number of halogens is 2. The maximum atomic E-state index is 12.9. The normalized spacial score (nSPS) is 14.8. The van der Waals surface area contributed by atoms with Gasteiger partial charge in [-0.2, -0.15) is 0 Å². The van der Waals surface area contributed by atoms with Crippen molar-refractivity contribution in [3.8, 4) is 11.5 Å². The summed E-state index contributed by atoms with van der Waals surface area (Å²) in [6.45, 7) is 6.29. The molecule has 3 aromatic rings. The molecule has 0 saturated heterocycles. The van der Waals surface area contributed by atoms with Crippen LogP contribution in [0, 0.1) is 0 Å². The highest BCUT2D eigenvalue weighted by Crippen LogP contribution is 2.45. The van der Waals surface area contributed by atoms with E-state index in [2.05, 4.69) is 17.9 Å². The molecular formula is C29H34Cl2N2O3S. The van der Waals surface area contributed by atoms with E-state index in [1.807, 2.05) is 73.8 Å². The van der Waals surface area contributed by atoms with Crippen LogP contribution >= 0.6 is 35.8 Å². The fraction of sp³-hybridized carbons (Fsp3) is 0.345. The fourth-order valence-electron chi connectivity index (χ4n) is 4.16. The van der Waals surface area contributed by atoms with Crippen molar-refractivity contribution in [1.82, 2.24) is 4.90 Å². The molecular weight excluding hydrogens is 527 g/mol. The molecule has 1 atom stereocenters. The highest BCUT2D eigenvalue weighted by atomic mass is 35.5. The second-order valence-electron chi connectivity index (χ2n) is 8.70. The maximum Gasteiger partial charge on any atom is 0.244 e. The van der Waals surface area contributed by atoms with Gasteiger partial charge < -0.3 is 19.3 Å². The van der Waals surface area contributed by atoms with Crippen LogP contribution in [0.4, 0.5) is 5.69 Å². The monoisotopic (exact) mass is 560 g/mol. The van der Waals surface area contributed by atoms with Gasteiger partial charge in [-0.1, -0.05) is 54.9 Å². The largest absolute Gasteiger partial charge is 0.494 e. The standard InChI is InChI=1S/C29H33ClN2O3S.ClH/c1-3-32(19-21-35-26-12-6-4-10-24(26)30)18-8-9-20-34-23-16-14-22(15-17-23)28-29(33)31(2)25-11-5-7-13-27(25)36-28;/h4-7,10-17,28H,3,8-9,18-21H2,1-2H3;1H. The van der Waals surface area contributed by atoms with Gasteiger partial charge in [-0.25, -0.2) is 0 Å². The Bertz CT molecular complexity index is 1150. The number of anilines is 1. The molecule has 198 valence electrons. The van der Waals surface area contributed by atoms with Crippen LogP contribution in [-0.2, 0) is 4.79 Å². The molecule has 1 aliphatic heterocycles. The zero-order chi connectivity index (χ0) is 25.3. The number of amides is 1. The van der Waals surface area contributed by atoms with Crippen LogP contribution in [0.5, 0.6) is 11.5 Å². The van der Waals surface area contributed by atoms with E-state index in [1.54, 1.807) is 16.7 Å². The number of para-hydroxylation sites is 2. The van der Waals surface area contributed by atoms with Gasteiger partial charge in [0, 0.05) is 18.5 Å². The van der Waals surface area contributed by atoms with E-state index < -0.39 is 0 Å². The van der Waals surface area contributed by atoms with Crippen molar-refractivity contribution in [1.29, 1.82) is 0 Å². The summed E-state index contributed by atoms with van der Waals surface area (Å²) in [5.41, 5.74) is 1.97. The molecule has 1 unspecified atom stereocenters. The maximum absolute atomic E-state index is 12.9. The minimum atomic E-state index is -0.235. The van der Waals surface area contributed by atoms with Gasteiger partial charge in [-0.05, 0) is 67.9 Å². The molecule has 0 aliphatic carbocycles. The number of rotatable bonds is 12. The molecule has 4 rings (SSSR count). The van der Waals surface area contributed by atoms with Crippen molar-refractivity contribution >= 4 is 47.4 Å². The van der Waals surface area contributed by atoms with Gasteiger partial charge in [-0.3, -0.25) is 4.79 Å². The van der Waals surface area contributed by atoms with E-state index >= 15 is 0 Å². The average Bonchev–Trinajstić information content (AvgIpc) is 2.91. The van der Waals surface area contributed by atoms with Crippen molar-refractivity contribution in [2.24, 2.45) is 0 Å².